The van der Waals surface area contributed by atoms with Gasteiger partial charge in [0.1, 0.15) is 7.85 Å². The largest absolute Gasteiger partial charge is 0.415 e. The summed E-state index contributed by atoms with van der Waals surface area (Å²) >= 11 is 0. The first-order valence-electron chi connectivity index (χ1n) is 3.97. The van der Waals surface area contributed by atoms with Gasteiger partial charge in [0.25, 0.3) is 0 Å². The van der Waals surface area contributed by atoms with Crippen LogP contribution >= 0.6 is 0 Å². The van der Waals surface area contributed by atoms with Crippen LogP contribution in [0.25, 0.3) is 0 Å². The Balaban J connectivity index is 3.28. The first kappa shape index (κ1) is 11.1. The van der Waals surface area contributed by atoms with Crippen LogP contribution in [0.3, 0.4) is 0 Å². The second-order valence-corrected chi connectivity index (χ2v) is 2.98. The summed E-state index contributed by atoms with van der Waals surface area (Å²) in [6.45, 7) is 1.37. The smallest absolute Gasteiger partial charge is 0.389 e. The van der Waals surface area contributed by atoms with E-state index in [9.17, 15) is 13.2 Å². The minimum atomic E-state index is -4.48. The van der Waals surface area contributed by atoms with Crippen LogP contribution in [0.4, 0.5) is 13.2 Å². The Morgan fingerprint density at radius 1 is 1.36 bits per heavy atom. The molecule has 0 aromatic heterocycles. The van der Waals surface area contributed by atoms with Gasteiger partial charge in [0.2, 0.25) is 0 Å². The van der Waals surface area contributed by atoms with E-state index in [0.717, 1.165) is 6.07 Å². The number of halogens is 3. The highest BCUT2D eigenvalue weighted by Crippen LogP contribution is 2.28. The van der Waals surface area contributed by atoms with Crippen molar-refractivity contribution in [2.24, 2.45) is 0 Å². The lowest BCUT2D eigenvalue weighted by Crippen LogP contribution is -2.24. The van der Waals surface area contributed by atoms with Crippen LogP contribution in [0, 0.1) is 0 Å². The van der Waals surface area contributed by atoms with Gasteiger partial charge in [0.15, 0.2) is 0 Å². The number of aliphatic hydroxyl groups is 1. The fourth-order valence-electron chi connectivity index (χ4n) is 1.19. The summed E-state index contributed by atoms with van der Waals surface area (Å²) in [6, 6.07) is 3.48. The van der Waals surface area contributed by atoms with Crippen molar-refractivity contribution in [3.05, 3.63) is 29.3 Å². The normalized spacial score (nSPS) is 14.1. The van der Waals surface area contributed by atoms with Crippen molar-refractivity contribution in [2.45, 2.75) is 19.2 Å². The molecule has 0 amide bonds. The monoisotopic (exact) mass is 200 g/mol. The van der Waals surface area contributed by atoms with Gasteiger partial charge in [-0.15, -0.1) is 0 Å². The molecule has 5 heteroatoms. The summed E-state index contributed by atoms with van der Waals surface area (Å²) in [7, 11) is 5.29. The molecule has 1 rings (SSSR count). The van der Waals surface area contributed by atoms with Crippen molar-refractivity contribution in [3.63, 3.8) is 0 Å². The minimum Gasteiger partial charge on any atom is -0.389 e. The zero-order chi connectivity index (χ0) is 10.9. The van der Waals surface area contributed by atoms with Gasteiger partial charge in [-0.2, -0.15) is 13.2 Å². The van der Waals surface area contributed by atoms with Gasteiger partial charge < -0.3 is 5.11 Å². The van der Waals surface area contributed by atoms with E-state index in [0.29, 0.717) is 0 Å². The lowest BCUT2D eigenvalue weighted by Gasteiger charge is -2.15. The van der Waals surface area contributed by atoms with Crippen LogP contribution in [0.5, 0.6) is 0 Å². The molecule has 0 fully saturated rings. The Morgan fingerprint density at radius 3 is 2.36 bits per heavy atom. The summed E-state index contributed by atoms with van der Waals surface area (Å²) in [5.74, 6) is 0. The highest BCUT2D eigenvalue weighted by Gasteiger charge is 2.32. The van der Waals surface area contributed by atoms with E-state index < -0.39 is 23.3 Å². The van der Waals surface area contributed by atoms with Crippen LogP contribution in [0.1, 0.15) is 24.2 Å². The van der Waals surface area contributed by atoms with Gasteiger partial charge in [-0.1, -0.05) is 23.7 Å². The molecule has 0 bridgehead atoms. The minimum absolute atomic E-state index is 0.0971. The quantitative estimate of drug-likeness (QED) is 0.681. The topological polar surface area (TPSA) is 20.2 Å². The van der Waals surface area contributed by atoms with E-state index >= 15 is 0 Å². The fourth-order valence-corrected chi connectivity index (χ4v) is 1.19. The van der Waals surface area contributed by atoms with Crippen molar-refractivity contribution in [1.82, 2.24) is 0 Å². The Kier molecular flexibility index (Phi) is 2.90. The van der Waals surface area contributed by atoms with Crippen LogP contribution in [-0.4, -0.2) is 13.0 Å². The van der Waals surface area contributed by atoms with E-state index in [1.165, 1.54) is 19.1 Å². The summed E-state index contributed by atoms with van der Waals surface area (Å²) in [5.41, 5.74) is -1.22. The van der Waals surface area contributed by atoms with Gasteiger partial charge in [-0.25, -0.2) is 0 Å². The van der Waals surface area contributed by atoms with Crippen LogP contribution in [0.2, 0.25) is 0 Å². The molecule has 2 radical (unpaired) electrons. The number of hydrogen-bond acceptors (Lipinski definition) is 1. The molecule has 1 nitrogen and oxygen atoms in total. The number of hydrogen-bond donors (Lipinski definition) is 1. The molecule has 0 unspecified atom stereocenters. The van der Waals surface area contributed by atoms with E-state index in [4.69, 9.17) is 13.0 Å². The molecular formula is C9H8BF3O. The summed E-state index contributed by atoms with van der Waals surface area (Å²) in [4.78, 5) is 0. The molecule has 1 aromatic rings. The number of alkyl halides is 3. The lowest BCUT2D eigenvalue weighted by molar-refractivity contribution is -0.136. The molecule has 0 aliphatic rings. The van der Waals surface area contributed by atoms with Crippen molar-refractivity contribution < 1.29 is 18.3 Å². The Bertz CT molecular complexity index is 333. The van der Waals surface area contributed by atoms with Crippen LogP contribution in [0.15, 0.2) is 18.2 Å². The van der Waals surface area contributed by atoms with E-state index in [1.54, 1.807) is 0 Å². The maximum Gasteiger partial charge on any atom is 0.415 e. The standard InChI is InChI=1S/C9H8BF3O/c1-5(14)6-3-2-4-7(8(6)10)9(11,12)13/h2-5,14H,1H3/t5-/m1/s1. The third kappa shape index (κ3) is 2.09. The van der Waals surface area contributed by atoms with Crippen LogP contribution in [-0.2, 0) is 6.18 Å². The molecule has 14 heavy (non-hydrogen) atoms. The maximum absolute atomic E-state index is 12.3. The average molecular weight is 200 g/mol. The third-order valence-electron chi connectivity index (χ3n) is 1.90. The highest BCUT2D eigenvalue weighted by atomic mass is 19.4. The van der Waals surface area contributed by atoms with Gasteiger partial charge in [0.05, 0.1) is 6.10 Å². The molecule has 0 saturated heterocycles. The maximum atomic E-state index is 12.3. The average Bonchev–Trinajstić information content (AvgIpc) is 2.01. The zero-order valence-corrected chi connectivity index (χ0v) is 7.47. The van der Waals surface area contributed by atoms with Gasteiger partial charge in [-0.05, 0) is 12.5 Å². The molecule has 74 valence electrons. The third-order valence-corrected chi connectivity index (χ3v) is 1.90. The summed E-state index contributed by atoms with van der Waals surface area (Å²) in [6.07, 6.45) is -5.48. The van der Waals surface area contributed by atoms with Crippen molar-refractivity contribution in [1.29, 1.82) is 0 Å². The zero-order valence-electron chi connectivity index (χ0n) is 7.47. The number of aliphatic hydroxyl groups excluding tert-OH is 1. The van der Waals surface area contributed by atoms with Gasteiger partial charge in [0, 0.05) is 5.56 Å². The van der Waals surface area contributed by atoms with Crippen LogP contribution < -0.4 is 5.46 Å². The predicted octanol–water partition coefficient (Wildman–Crippen LogP) is 1.55. The van der Waals surface area contributed by atoms with Crippen molar-refractivity contribution >= 4 is 13.3 Å². The van der Waals surface area contributed by atoms with Gasteiger partial charge in [-0.3, -0.25) is 0 Å². The fraction of sp³-hybridized carbons (Fsp3) is 0.333. The second-order valence-electron chi connectivity index (χ2n) is 2.98. The van der Waals surface area contributed by atoms with Crippen molar-refractivity contribution in [3.8, 4) is 0 Å². The molecule has 0 aliphatic heterocycles. The molecular weight excluding hydrogens is 192 g/mol. The Labute approximate surface area is 81.0 Å². The van der Waals surface area contributed by atoms with Crippen molar-refractivity contribution in [2.75, 3.05) is 0 Å². The first-order chi connectivity index (χ1) is 6.34. The number of benzene rings is 1. The van der Waals surface area contributed by atoms with Gasteiger partial charge >= 0.3 is 6.18 Å². The highest BCUT2D eigenvalue weighted by molar-refractivity contribution is 6.34. The molecule has 0 saturated carbocycles. The lowest BCUT2D eigenvalue weighted by atomic mass is 9.84. The Hall–Kier alpha value is -0.965. The molecule has 1 N–H and O–H groups in total. The second kappa shape index (κ2) is 3.65. The Morgan fingerprint density at radius 2 is 1.93 bits per heavy atom. The van der Waals surface area contributed by atoms with E-state index in [2.05, 4.69) is 0 Å². The summed E-state index contributed by atoms with van der Waals surface area (Å²) in [5, 5.41) is 9.15. The predicted molar refractivity (Wildman–Crippen MR) is 47.5 cm³/mol. The summed E-state index contributed by atoms with van der Waals surface area (Å²) < 4.78 is 37.0. The van der Waals surface area contributed by atoms with E-state index in [1.807, 2.05) is 0 Å². The number of rotatable bonds is 1. The van der Waals surface area contributed by atoms with E-state index in [-0.39, 0.29) is 5.56 Å². The first-order valence-corrected chi connectivity index (χ1v) is 3.97. The molecule has 0 spiro atoms. The molecule has 0 heterocycles. The SMILES string of the molecule is [B]c1c([C@@H](C)O)cccc1C(F)(F)F. The molecule has 1 atom stereocenters. The molecule has 1 aromatic carbocycles. The molecule has 0 aliphatic carbocycles.